The Bertz CT molecular complexity index is 1200. The minimum absolute atomic E-state index is 0.193. The zero-order valence-electron chi connectivity index (χ0n) is 20.1. The first kappa shape index (κ1) is 21.5. The molecule has 0 unspecified atom stereocenters. The van der Waals surface area contributed by atoms with Crippen LogP contribution in [0, 0.1) is 0 Å². The quantitative estimate of drug-likeness (QED) is 0.302. The average Bonchev–Trinajstić information content (AvgIpc) is 2.92. The Labute approximate surface area is 207 Å². The molecule has 0 spiro atoms. The van der Waals surface area contributed by atoms with Gasteiger partial charge < -0.3 is 14.7 Å². The van der Waals surface area contributed by atoms with Gasteiger partial charge in [-0.15, -0.1) is 0 Å². The van der Waals surface area contributed by atoms with E-state index in [1.54, 1.807) is 0 Å². The molecule has 0 bridgehead atoms. The van der Waals surface area contributed by atoms with Crippen LogP contribution in [-0.4, -0.2) is 24.4 Å². The molecule has 0 fully saturated rings. The first-order valence-electron chi connectivity index (χ1n) is 12.4. The highest BCUT2D eigenvalue weighted by molar-refractivity contribution is 5.80. The Morgan fingerprint density at radius 1 is 0.571 bits per heavy atom. The molecule has 0 N–H and O–H groups in total. The van der Waals surface area contributed by atoms with Gasteiger partial charge in [-0.05, 0) is 38.1 Å². The van der Waals surface area contributed by atoms with E-state index in [-0.39, 0.29) is 12.1 Å². The van der Waals surface area contributed by atoms with Crippen molar-refractivity contribution in [2.45, 2.75) is 25.9 Å². The van der Waals surface area contributed by atoms with E-state index in [4.69, 9.17) is 0 Å². The van der Waals surface area contributed by atoms with Crippen LogP contribution in [0.4, 0.5) is 22.7 Å². The number of carbonyl (C=O) groups excluding carboxylic acids is 1. The smallest absolute Gasteiger partial charge is 0.211 e. The second-order valence-electron chi connectivity index (χ2n) is 9.08. The molecule has 2 aliphatic heterocycles. The second kappa shape index (κ2) is 8.62. The van der Waals surface area contributed by atoms with Crippen LogP contribution in [0.25, 0.3) is 0 Å². The SMILES string of the molecule is CCN1c2ccccc2C(N(C=O)C2c3ccccc3N(CC)c3ccccc32)c2ccccc21. The lowest BCUT2D eigenvalue weighted by atomic mass is 9.84. The van der Waals surface area contributed by atoms with E-state index < -0.39 is 0 Å². The summed E-state index contributed by atoms with van der Waals surface area (Å²) in [4.78, 5) is 19.9. The predicted molar refractivity (Wildman–Crippen MR) is 143 cm³/mol. The van der Waals surface area contributed by atoms with E-state index in [0.717, 1.165) is 64.5 Å². The third-order valence-electron chi connectivity index (χ3n) is 7.44. The number of para-hydroxylation sites is 4. The molecule has 174 valence electrons. The van der Waals surface area contributed by atoms with E-state index >= 15 is 0 Å². The molecule has 0 aromatic heterocycles. The Kier molecular flexibility index (Phi) is 5.29. The van der Waals surface area contributed by atoms with Crippen molar-refractivity contribution in [3.63, 3.8) is 0 Å². The van der Waals surface area contributed by atoms with Crippen LogP contribution in [0.2, 0.25) is 0 Å². The van der Waals surface area contributed by atoms with Gasteiger partial charge in [0.15, 0.2) is 0 Å². The van der Waals surface area contributed by atoms with Crippen LogP contribution in [0.1, 0.15) is 48.2 Å². The van der Waals surface area contributed by atoms with Crippen molar-refractivity contribution in [1.29, 1.82) is 0 Å². The summed E-state index contributed by atoms with van der Waals surface area (Å²) >= 11 is 0. The van der Waals surface area contributed by atoms with Crippen molar-refractivity contribution in [3.8, 4) is 0 Å². The molecule has 6 rings (SSSR count). The molecular weight excluding hydrogens is 430 g/mol. The van der Waals surface area contributed by atoms with Crippen LogP contribution in [0.5, 0.6) is 0 Å². The maximum absolute atomic E-state index is 13.1. The molecular formula is C31H29N3O. The van der Waals surface area contributed by atoms with Gasteiger partial charge in [0.2, 0.25) is 6.41 Å². The monoisotopic (exact) mass is 459 g/mol. The minimum atomic E-state index is -0.193. The summed E-state index contributed by atoms with van der Waals surface area (Å²) in [5.74, 6) is 0. The highest BCUT2D eigenvalue weighted by atomic mass is 16.1. The van der Waals surface area contributed by atoms with Crippen LogP contribution < -0.4 is 9.80 Å². The first-order valence-corrected chi connectivity index (χ1v) is 12.4. The van der Waals surface area contributed by atoms with E-state index in [0.29, 0.717) is 0 Å². The zero-order valence-corrected chi connectivity index (χ0v) is 20.1. The van der Waals surface area contributed by atoms with Gasteiger partial charge in [-0.3, -0.25) is 4.79 Å². The van der Waals surface area contributed by atoms with Gasteiger partial charge in [0.1, 0.15) is 0 Å². The average molecular weight is 460 g/mol. The molecule has 1 amide bonds. The summed E-state index contributed by atoms with van der Waals surface area (Å²) in [5, 5.41) is 0. The van der Waals surface area contributed by atoms with E-state index in [1.807, 2.05) is 4.90 Å². The number of amides is 1. The molecule has 4 aromatic carbocycles. The van der Waals surface area contributed by atoms with Gasteiger partial charge in [-0.1, -0.05) is 72.8 Å². The highest BCUT2D eigenvalue weighted by Gasteiger charge is 2.40. The lowest BCUT2D eigenvalue weighted by Crippen LogP contribution is -2.40. The maximum atomic E-state index is 13.1. The van der Waals surface area contributed by atoms with Crippen molar-refractivity contribution < 1.29 is 4.79 Å². The molecule has 0 saturated heterocycles. The molecule has 0 radical (unpaired) electrons. The summed E-state index contributed by atoms with van der Waals surface area (Å²) in [7, 11) is 0. The highest BCUT2D eigenvalue weighted by Crippen LogP contribution is 2.53. The topological polar surface area (TPSA) is 26.8 Å². The summed E-state index contributed by atoms with van der Waals surface area (Å²) < 4.78 is 0. The Hall–Kier alpha value is -4.05. The number of rotatable bonds is 5. The number of anilines is 4. The number of fused-ring (bicyclic) bond motifs is 4. The summed E-state index contributed by atoms with van der Waals surface area (Å²) in [6.07, 6.45) is 1.06. The van der Waals surface area contributed by atoms with Crippen molar-refractivity contribution >= 4 is 29.2 Å². The maximum Gasteiger partial charge on any atom is 0.211 e. The van der Waals surface area contributed by atoms with E-state index in [2.05, 4.69) is 121 Å². The summed E-state index contributed by atoms with van der Waals surface area (Å²) in [5.41, 5.74) is 9.30. The van der Waals surface area contributed by atoms with Crippen LogP contribution in [0.3, 0.4) is 0 Å². The fraction of sp³-hybridized carbons (Fsp3) is 0.194. The lowest BCUT2D eigenvalue weighted by Gasteiger charge is -2.46. The van der Waals surface area contributed by atoms with Crippen molar-refractivity contribution in [2.24, 2.45) is 0 Å². The number of benzene rings is 4. The van der Waals surface area contributed by atoms with Crippen LogP contribution in [-0.2, 0) is 4.79 Å². The third kappa shape index (κ3) is 3.17. The second-order valence-corrected chi connectivity index (χ2v) is 9.08. The lowest BCUT2D eigenvalue weighted by molar-refractivity contribution is -0.121. The Morgan fingerprint density at radius 3 is 1.11 bits per heavy atom. The predicted octanol–water partition coefficient (Wildman–Crippen LogP) is 6.97. The van der Waals surface area contributed by atoms with Crippen LogP contribution >= 0.6 is 0 Å². The van der Waals surface area contributed by atoms with Gasteiger partial charge in [0.05, 0.1) is 12.1 Å². The molecule has 0 atom stereocenters. The number of carbonyl (C=O) groups is 1. The Balaban J connectivity index is 1.60. The van der Waals surface area contributed by atoms with Gasteiger partial charge >= 0.3 is 0 Å². The molecule has 4 aromatic rings. The summed E-state index contributed by atoms with van der Waals surface area (Å²) in [6.45, 7) is 6.08. The fourth-order valence-electron chi connectivity index (χ4n) is 6.05. The molecule has 4 nitrogen and oxygen atoms in total. The van der Waals surface area contributed by atoms with E-state index in [1.165, 1.54) is 0 Å². The normalized spacial score (nSPS) is 14.6. The van der Waals surface area contributed by atoms with E-state index in [9.17, 15) is 4.79 Å². The molecule has 2 heterocycles. The molecule has 2 aliphatic rings. The number of nitrogens with zero attached hydrogens (tertiary/aromatic N) is 3. The Morgan fingerprint density at radius 2 is 0.857 bits per heavy atom. The molecule has 0 saturated carbocycles. The fourth-order valence-corrected chi connectivity index (χ4v) is 6.05. The molecule has 35 heavy (non-hydrogen) atoms. The largest absolute Gasteiger partial charge is 0.341 e. The number of hydrogen-bond acceptors (Lipinski definition) is 3. The van der Waals surface area contributed by atoms with Gasteiger partial charge in [-0.25, -0.2) is 0 Å². The number of hydrogen-bond donors (Lipinski definition) is 0. The van der Waals surface area contributed by atoms with Gasteiger partial charge in [0.25, 0.3) is 0 Å². The van der Waals surface area contributed by atoms with Crippen molar-refractivity contribution in [3.05, 3.63) is 119 Å². The van der Waals surface area contributed by atoms with Crippen molar-refractivity contribution in [2.75, 3.05) is 22.9 Å². The minimum Gasteiger partial charge on any atom is -0.341 e. The first-order chi connectivity index (χ1) is 17.3. The van der Waals surface area contributed by atoms with Crippen molar-refractivity contribution in [1.82, 2.24) is 4.90 Å². The van der Waals surface area contributed by atoms with Gasteiger partial charge in [0, 0.05) is 58.1 Å². The zero-order chi connectivity index (χ0) is 23.9. The molecule has 4 heteroatoms. The van der Waals surface area contributed by atoms with Gasteiger partial charge in [-0.2, -0.15) is 0 Å². The van der Waals surface area contributed by atoms with Crippen LogP contribution in [0.15, 0.2) is 97.1 Å². The standard InChI is InChI=1S/C31H29N3O/c1-3-32-26-17-9-5-13-22(26)30(23-14-6-10-18-27(23)32)34(21-35)31-24-15-7-11-19-28(24)33(4-2)29-20-12-8-16-25(29)31/h5-21,30-31H,3-4H2,1-2H3. The third-order valence-corrected chi connectivity index (χ3v) is 7.44. The summed E-state index contributed by atoms with van der Waals surface area (Å²) in [6, 6.07) is 33.7. The molecule has 0 aliphatic carbocycles.